The monoisotopic (exact) mass is 454 g/mol. The van der Waals surface area contributed by atoms with Crippen LogP contribution in [-0.2, 0) is 13.0 Å². The van der Waals surface area contributed by atoms with Gasteiger partial charge in [0.2, 0.25) is 5.95 Å². The number of carbonyl (C=O) groups excluding carboxylic acids is 1. The van der Waals surface area contributed by atoms with E-state index in [1.54, 1.807) is 11.6 Å². The van der Waals surface area contributed by atoms with Gasteiger partial charge in [0.1, 0.15) is 5.69 Å². The fraction of sp³-hybridized carbons (Fsp3) is 0.120. The lowest BCUT2D eigenvalue weighted by molar-refractivity contribution is 0.102. The standard InChI is InChI=1S/C25H22N6OS/c1-30(19-10-3-2-4-11-19)25-28-21(17-33-25)23(32)29-24-27-20-12-5-6-13-22(20)31(24)16-14-18-9-7-8-15-26-18/h2-13,15,17H,14,16H2,1H3,(H,27,29,32). The number of pyridine rings is 1. The van der Waals surface area contributed by atoms with Crippen molar-refractivity contribution in [3.8, 4) is 0 Å². The third kappa shape index (κ3) is 4.47. The Morgan fingerprint density at radius 2 is 1.79 bits per heavy atom. The second-order valence-corrected chi connectivity index (χ2v) is 8.35. The van der Waals surface area contributed by atoms with Crippen molar-refractivity contribution in [1.82, 2.24) is 19.5 Å². The maximum absolute atomic E-state index is 13.0. The number of fused-ring (bicyclic) bond motifs is 1. The largest absolute Gasteiger partial charge is 0.321 e. The second kappa shape index (κ2) is 9.22. The van der Waals surface area contributed by atoms with E-state index in [2.05, 4.69) is 20.3 Å². The van der Waals surface area contributed by atoms with E-state index < -0.39 is 0 Å². The van der Waals surface area contributed by atoms with Gasteiger partial charge in [-0.1, -0.05) is 36.4 Å². The molecule has 0 aliphatic carbocycles. The molecule has 33 heavy (non-hydrogen) atoms. The highest BCUT2D eigenvalue weighted by Gasteiger charge is 2.18. The molecule has 0 fully saturated rings. The van der Waals surface area contributed by atoms with Gasteiger partial charge in [0.25, 0.3) is 5.91 Å². The molecule has 5 aromatic rings. The van der Waals surface area contributed by atoms with Crippen molar-refractivity contribution in [2.45, 2.75) is 13.0 Å². The van der Waals surface area contributed by atoms with Crippen LogP contribution in [0.4, 0.5) is 16.8 Å². The van der Waals surface area contributed by atoms with E-state index in [0.29, 0.717) is 18.2 Å². The highest BCUT2D eigenvalue weighted by atomic mass is 32.1. The zero-order chi connectivity index (χ0) is 22.6. The Hall–Kier alpha value is -4.04. The quantitative estimate of drug-likeness (QED) is 0.368. The third-order valence-corrected chi connectivity index (χ3v) is 6.27. The summed E-state index contributed by atoms with van der Waals surface area (Å²) < 4.78 is 2.02. The molecule has 0 spiro atoms. The van der Waals surface area contributed by atoms with Gasteiger partial charge in [0, 0.05) is 43.0 Å². The van der Waals surface area contributed by atoms with Gasteiger partial charge in [-0.2, -0.15) is 0 Å². The van der Waals surface area contributed by atoms with Crippen molar-refractivity contribution in [3.05, 3.63) is 95.8 Å². The summed E-state index contributed by atoms with van der Waals surface area (Å²) in [6.07, 6.45) is 2.52. The van der Waals surface area contributed by atoms with Crippen molar-refractivity contribution >= 4 is 45.0 Å². The Balaban J connectivity index is 1.38. The van der Waals surface area contributed by atoms with E-state index in [9.17, 15) is 4.79 Å². The van der Waals surface area contributed by atoms with Crippen molar-refractivity contribution in [1.29, 1.82) is 0 Å². The number of hydrogen-bond acceptors (Lipinski definition) is 6. The molecule has 1 amide bonds. The Morgan fingerprint density at radius 3 is 2.61 bits per heavy atom. The van der Waals surface area contributed by atoms with Crippen LogP contribution >= 0.6 is 11.3 Å². The molecule has 7 nitrogen and oxygen atoms in total. The molecule has 2 aromatic carbocycles. The molecular weight excluding hydrogens is 432 g/mol. The van der Waals surface area contributed by atoms with Crippen LogP contribution in [0.25, 0.3) is 11.0 Å². The summed E-state index contributed by atoms with van der Waals surface area (Å²) in [5, 5.41) is 5.48. The van der Waals surface area contributed by atoms with Gasteiger partial charge < -0.3 is 9.47 Å². The number of amides is 1. The Labute approximate surface area is 195 Å². The number of para-hydroxylation sites is 3. The van der Waals surface area contributed by atoms with Gasteiger partial charge >= 0.3 is 0 Å². The summed E-state index contributed by atoms with van der Waals surface area (Å²) in [5.74, 6) is 0.219. The topological polar surface area (TPSA) is 75.9 Å². The SMILES string of the molecule is CN(c1ccccc1)c1nc(C(=O)Nc2nc3ccccc3n2CCc2ccccn2)cs1. The summed E-state index contributed by atoms with van der Waals surface area (Å²) in [7, 11) is 1.94. The zero-order valence-electron chi connectivity index (χ0n) is 18.0. The molecule has 5 rings (SSSR count). The zero-order valence-corrected chi connectivity index (χ0v) is 18.9. The lowest BCUT2D eigenvalue weighted by Gasteiger charge is -2.15. The van der Waals surface area contributed by atoms with Crippen molar-refractivity contribution in [3.63, 3.8) is 0 Å². The highest BCUT2D eigenvalue weighted by Crippen LogP contribution is 2.27. The number of benzene rings is 2. The number of anilines is 3. The molecule has 3 heterocycles. The van der Waals surface area contributed by atoms with Gasteiger partial charge in [-0.05, 0) is 36.4 Å². The highest BCUT2D eigenvalue weighted by molar-refractivity contribution is 7.14. The maximum Gasteiger partial charge on any atom is 0.277 e. The molecule has 1 N–H and O–H groups in total. The first kappa shape index (κ1) is 20.8. The van der Waals surface area contributed by atoms with Crippen LogP contribution in [0.1, 0.15) is 16.2 Å². The molecule has 0 saturated carbocycles. The van der Waals surface area contributed by atoms with Crippen LogP contribution in [0.15, 0.2) is 84.4 Å². The first-order valence-corrected chi connectivity index (χ1v) is 11.5. The van der Waals surface area contributed by atoms with Crippen molar-refractivity contribution in [2.75, 3.05) is 17.3 Å². The van der Waals surface area contributed by atoms with E-state index in [1.165, 1.54) is 11.3 Å². The summed E-state index contributed by atoms with van der Waals surface area (Å²) >= 11 is 1.43. The molecule has 8 heteroatoms. The van der Waals surface area contributed by atoms with Crippen LogP contribution in [-0.4, -0.2) is 32.5 Å². The molecule has 0 unspecified atom stereocenters. The molecular formula is C25H22N6OS. The summed E-state index contributed by atoms with van der Waals surface area (Å²) in [4.78, 5) is 28.6. The minimum atomic E-state index is -0.284. The van der Waals surface area contributed by atoms with E-state index in [4.69, 9.17) is 0 Å². The normalized spacial score (nSPS) is 10.9. The molecule has 0 atom stereocenters. The second-order valence-electron chi connectivity index (χ2n) is 7.51. The molecule has 164 valence electrons. The van der Waals surface area contributed by atoms with Crippen LogP contribution in [0.5, 0.6) is 0 Å². The molecule has 0 aliphatic heterocycles. The minimum absolute atomic E-state index is 0.284. The number of carbonyl (C=O) groups is 1. The van der Waals surface area contributed by atoms with Crippen LogP contribution in [0.2, 0.25) is 0 Å². The van der Waals surface area contributed by atoms with Gasteiger partial charge in [-0.15, -0.1) is 11.3 Å². The average molecular weight is 455 g/mol. The maximum atomic E-state index is 13.0. The molecule has 0 bridgehead atoms. The van der Waals surface area contributed by atoms with Crippen LogP contribution in [0.3, 0.4) is 0 Å². The van der Waals surface area contributed by atoms with Crippen molar-refractivity contribution < 1.29 is 4.79 Å². The minimum Gasteiger partial charge on any atom is -0.321 e. The van der Waals surface area contributed by atoms with Crippen LogP contribution in [0, 0.1) is 0 Å². The number of hydrogen-bond donors (Lipinski definition) is 1. The van der Waals surface area contributed by atoms with Crippen LogP contribution < -0.4 is 10.2 Å². The third-order valence-electron chi connectivity index (χ3n) is 5.35. The van der Waals surface area contributed by atoms with E-state index in [1.807, 2.05) is 89.3 Å². The predicted molar refractivity (Wildman–Crippen MR) is 132 cm³/mol. The number of aryl methyl sites for hydroxylation is 2. The lowest BCUT2D eigenvalue weighted by atomic mass is 10.2. The van der Waals surface area contributed by atoms with E-state index in [0.717, 1.165) is 34.0 Å². The first-order chi connectivity index (χ1) is 16.2. The smallest absolute Gasteiger partial charge is 0.277 e. The molecule has 0 aliphatic rings. The fourth-order valence-electron chi connectivity index (χ4n) is 3.62. The van der Waals surface area contributed by atoms with Gasteiger partial charge in [-0.3, -0.25) is 15.1 Å². The van der Waals surface area contributed by atoms with E-state index >= 15 is 0 Å². The predicted octanol–water partition coefficient (Wildman–Crippen LogP) is 5.15. The molecule has 0 saturated heterocycles. The summed E-state index contributed by atoms with van der Waals surface area (Å²) in [6.45, 7) is 0.645. The fourth-order valence-corrected chi connectivity index (χ4v) is 4.41. The van der Waals surface area contributed by atoms with Gasteiger partial charge in [0.05, 0.1) is 11.0 Å². The number of nitrogens with zero attached hydrogens (tertiary/aromatic N) is 5. The Morgan fingerprint density at radius 1 is 1.00 bits per heavy atom. The molecule has 3 aromatic heterocycles. The summed E-state index contributed by atoms with van der Waals surface area (Å²) in [6, 6.07) is 23.7. The first-order valence-electron chi connectivity index (χ1n) is 10.6. The Bertz CT molecular complexity index is 1380. The molecule has 0 radical (unpaired) electrons. The number of aromatic nitrogens is 4. The average Bonchev–Trinajstić information content (AvgIpc) is 3.49. The number of nitrogens with one attached hydrogen (secondary N) is 1. The number of imidazole rings is 1. The van der Waals surface area contributed by atoms with Gasteiger partial charge in [0.15, 0.2) is 5.13 Å². The van der Waals surface area contributed by atoms with Crippen molar-refractivity contribution in [2.24, 2.45) is 0 Å². The van der Waals surface area contributed by atoms with E-state index in [-0.39, 0.29) is 5.91 Å². The Kier molecular flexibility index (Phi) is 5.82. The lowest BCUT2D eigenvalue weighted by Crippen LogP contribution is -2.17. The number of rotatable bonds is 7. The van der Waals surface area contributed by atoms with Gasteiger partial charge in [-0.25, -0.2) is 9.97 Å². The summed E-state index contributed by atoms with van der Waals surface area (Å²) in [5.41, 5.74) is 4.15. The number of thiazole rings is 1.